The summed E-state index contributed by atoms with van der Waals surface area (Å²) in [5, 5.41) is 3.28. The van der Waals surface area contributed by atoms with Crippen LogP contribution in [0.4, 0.5) is 5.69 Å². The van der Waals surface area contributed by atoms with Gasteiger partial charge in [0.15, 0.2) is 5.78 Å². The predicted molar refractivity (Wildman–Crippen MR) is 109 cm³/mol. The first-order valence-corrected chi connectivity index (χ1v) is 10.3. The number of carbonyl (C=O) groups is 2. The molecule has 1 aliphatic carbocycles. The van der Waals surface area contributed by atoms with Crippen LogP contribution in [0.15, 0.2) is 24.3 Å². The van der Waals surface area contributed by atoms with Crippen LogP contribution in [-0.2, 0) is 4.79 Å². The third kappa shape index (κ3) is 5.10. The highest BCUT2D eigenvalue weighted by Gasteiger charge is 2.28. The van der Waals surface area contributed by atoms with Crippen molar-refractivity contribution in [3.05, 3.63) is 29.8 Å². The molecule has 0 radical (unpaired) electrons. The third-order valence-electron chi connectivity index (χ3n) is 6.43. The Bertz CT molecular complexity index is 650. The molecule has 1 amide bonds. The number of nitrogens with one attached hydrogen (secondary N) is 1. The fourth-order valence-electron chi connectivity index (χ4n) is 4.31. The number of amides is 1. The van der Waals surface area contributed by atoms with Crippen molar-refractivity contribution in [2.24, 2.45) is 11.8 Å². The highest BCUT2D eigenvalue weighted by Crippen LogP contribution is 2.29. The summed E-state index contributed by atoms with van der Waals surface area (Å²) in [5.41, 5.74) is 1.90. The van der Waals surface area contributed by atoms with Crippen molar-refractivity contribution < 1.29 is 9.59 Å². The monoisotopic (exact) mass is 371 g/mol. The Morgan fingerprint density at radius 1 is 1.04 bits per heavy atom. The molecule has 0 unspecified atom stereocenters. The van der Waals surface area contributed by atoms with Gasteiger partial charge in [-0.1, -0.05) is 26.7 Å². The summed E-state index contributed by atoms with van der Waals surface area (Å²) in [7, 11) is 0. The molecular formula is C22H33N3O2. The molecular weight excluding hydrogens is 338 g/mol. The number of hydrogen-bond acceptors (Lipinski definition) is 4. The van der Waals surface area contributed by atoms with Crippen molar-refractivity contribution in [3.63, 3.8) is 0 Å². The minimum absolute atomic E-state index is 0.0964. The van der Waals surface area contributed by atoms with Crippen LogP contribution in [0.1, 0.15) is 50.4 Å². The minimum Gasteiger partial charge on any atom is -0.369 e. The highest BCUT2D eigenvalue weighted by molar-refractivity contribution is 5.94. The van der Waals surface area contributed by atoms with Crippen LogP contribution in [0.2, 0.25) is 0 Å². The van der Waals surface area contributed by atoms with Gasteiger partial charge in [0.1, 0.15) is 0 Å². The lowest BCUT2D eigenvalue weighted by atomic mass is 9.78. The van der Waals surface area contributed by atoms with Crippen molar-refractivity contribution in [1.82, 2.24) is 10.2 Å². The van der Waals surface area contributed by atoms with E-state index in [2.05, 4.69) is 29.0 Å². The second-order valence-electron chi connectivity index (χ2n) is 8.31. The predicted octanol–water partition coefficient (Wildman–Crippen LogP) is 2.95. The van der Waals surface area contributed by atoms with Gasteiger partial charge in [-0.15, -0.1) is 0 Å². The van der Waals surface area contributed by atoms with Gasteiger partial charge in [0.05, 0.1) is 6.54 Å². The summed E-state index contributed by atoms with van der Waals surface area (Å²) in [6.45, 7) is 10.2. The lowest BCUT2D eigenvalue weighted by Gasteiger charge is -2.37. The molecule has 5 nitrogen and oxygen atoms in total. The molecule has 3 rings (SSSR count). The number of nitrogens with zero attached hydrogens (tertiary/aromatic N) is 2. The lowest BCUT2D eigenvalue weighted by molar-refractivity contribution is -0.123. The molecule has 5 heteroatoms. The lowest BCUT2D eigenvalue weighted by Crippen LogP contribution is -2.52. The van der Waals surface area contributed by atoms with Crippen molar-refractivity contribution in [2.45, 2.75) is 46.1 Å². The fourth-order valence-corrected chi connectivity index (χ4v) is 4.31. The summed E-state index contributed by atoms with van der Waals surface area (Å²) in [4.78, 5) is 28.5. The Labute approximate surface area is 163 Å². The smallest absolute Gasteiger partial charge is 0.234 e. The van der Waals surface area contributed by atoms with Gasteiger partial charge in [-0.2, -0.15) is 0 Å². The second kappa shape index (κ2) is 8.87. The van der Waals surface area contributed by atoms with E-state index in [4.69, 9.17) is 0 Å². The Morgan fingerprint density at radius 3 is 2.33 bits per heavy atom. The molecule has 0 spiro atoms. The fraction of sp³-hybridized carbons (Fsp3) is 0.636. The normalized spacial score (nSPS) is 26.6. The highest BCUT2D eigenvalue weighted by atomic mass is 16.2. The molecule has 3 atom stereocenters. The summed E-state index contributed by atoms with van der Waals surface area (Å²) in [6.07, 6.45) is 3.61. The first-order valence-electron chi connectivity index (χ1n) is 10.3. The molecule has 1 aromatic rings. The van der Waals surface area contributed by atoms with Gasteiger partial charge in [-0.25, -0.2) is 0 Å². The summed E-state index contributed by atoms with van der Waals surface area (Å²) < 4.78 is 0. The van der Waals surface area contributed by atoms with Gasteiger partial charge < -0.3 is 10.2 Å². The molecule has 1 saturated heterocycles. The van der Waals surface area contributed by atoms with Crippen molar-refractivity contribution in [3.8, 4) is 0 Å². The molecule has 1 aromatic carbocycles. The van der Waals surface area contributed by atoms with Crippen LogP contribution in [0.3, 0.4) is 0 Å². The zero-order valence-electron chi connectivity index (χ0n) is 16.9. The van der Waals surface area contributed by atoms with E-state index in [1.807, 2.05) is 24.3 Å². The molecule has 148 valence electrons. The number of anilines is 1. The van der Waals surface area contributed by atoms with Crippen LogP contribution in [0.25, 0.3) is 0 Å². The number of piperazine rings is 1. The Kier molecular flexibility index (Phi) is 6.53. The average Bonchev–Trinajstić information content (AvgIpc) is 2.66. The van der Waals surface area contributed by atoms with Crippen LogP contribution in [0, 0.1) is 11.8 Å². The van der Waals surface area contributed by atoms with Gasteiger partial charge >= 0.3 is 0 Å². The van der Waals surface area contributed by atoms with Crippen LogP contribution in [0.5, 0.6) is 0 Å². The molecule has 0 bridgehead atoms. The van der Waals surface area contributed by atoms with E-state index in [1.54, 1.807) is 6.92 Å². The zero-order valence-corrected chi connectivity index (χ0v) is 16.9. The number of benzene rings is 1. The van der Waals surface area contributed by atoms with E-state index in [0.717, 1.165) is 43.9 Å². The van der Waals surface area contributed by atoms with Crippen molar-refractivity contribution in [2.75, 3.05) is 37.6 Å². The van der Waals surface area contributed by atoms with Crippen LogP contribution < -0.4 is 10.2 Å². The minimum atomic E-state index is 0.0964. The van der Waals surface area contributed by atoms with E-state index in [1.165, 1.54) is 12.8 Å². The summed E-state index contributed by atoms with van der Waals surface area (Å²) in [5.74, 6) is 1.53. The second-order valence-corrected chi connectivity index (χ2v) is 8.31. The number of rotatable bonds is 5. The molecule has 1 heterocycles. The quantitative estimate of drug-likeness (QED) is 0.809. The van der Waals surface area contributed by atoms with Gasteiger partial charge in [-0.05, 0) is 49.4 Å². The standard InChI is InChI=1S/C22H33N3O2/c1-16-5-4-6-21(17(16)2)23-22(27)15-24-11-13-25(14-12-24)20-9-7-19(8-10-20)18(3)26/h7-10,16-17,21H,4-6,11-15H2,1-3H3,(H,23,27)/t16-,17-,21-/m1/s1. The Balaban J connectivity index is 1.45. The van der Waals surface area contributed by atoms with E-state index in [9.17, 15) is 9.59 Å². The Morgan fingerprint density at radius 2 is 1.70 bits per heavy atom. The first-order chi connectivity index (χ1) is 12.9. The van der Waals surface area contributed by atoms with Gasteiger partial charge in [0.25, 0.3) is 0 Å². The molecule has 1 saturated carbocycles. The molecule has 1 N–H and O–H groups in total. The maximum Gasteiger partial charge on any atom is 0.234 e. The average molecular weight is 372 g/mol. The maximum absolute atomic E-state index is 12.5. The van der Waals surface area contributed by atoms with Crippen LogP contribution >= 0.6 is 0 Å². The molecule has 0 aromatic heterocycles. The van der Waals surface area contributed by atoms with E-state index >= 15 is 0 Å². The molecule has 2 fully saturated rings. The molecule has 2 aliphatic rings. The van der Waals surface area contributed by atoms with Gasteiger partial charge in [-0.3, -0.25) is 14.5 Å². The first kappa shape index (κ1) is 19.9. The Hall–Kier alpha value is -1.88. The summed E-state index contributed by atoms with van der Waals surface area (Å²) in [6, 6.07) is 8.16. The van der Waals surface area contributed by atoms with Crippen LogP contribution in [-0.4, -0.2) is 55.4 Å². The summed E-state index contributed by atoms with van der Waals surface area (Å²) >= 11 is 0. The molecule has 27 heavy (non-hydrogen) atoms. The third-order valence-corrected chi connectivity index (χ3v) is 6.43. The zero-order chi connectivity index (χ0) is 19.4. The van der Waals surface area contributed by atoms with Gasteiger partial charge in [0, 0.05) is 43.5 Å². The maximum atomic E-state index is 12.5. The van der Waals surface area contributed by atoms with E-state index < -0.39 is 0 Å². The number of hydrogen-bond donors (Lipinski definition) is 1. The molecule has 1 aliphatic heterocycles. The van der Waals surface area contributed by atoms with Crippen molar-refractivity contribution in [1.29, 1.82) is 0 Å². The van der Waals surface area contributed by atoms with Crippen molar-refractivity contribution >= 4 is 17.4 Å². The van der Waals surface area contributed by atoms with E-state index in [0.29, 0.717) is 24.4 Å². The largest absolute Gasteiger partial charge is 0.369 e. The number of ketones is 1. The SMILES string of the molecule is CC(=O)c1ccc(N2CCN(CC(=O)N[C@@H]3CCC[C@@H](C)[C@H]3C)CC2)cc1. The number of Topliss-reactive ketones (excluding diaryl/α,β-unsaturated/α-hetero) is 1. The number of carbonyl (C=O) groups excluding carboxylic acids is 2. The topological polar surface area (TPSA) is 52.7 Å². The van der Waals surface area contributed by atoms with E-state index in [-0.39, 0.29) is 11.7 Å². The van der Waals surface area contributed by atoms with Gasteiger partial charge in [0.2, 0.25) is 5.91 Å².